The molecule has 0 aliphatic carbocycles. The Bertz CT molecular complexity index is 619. The Balaban J connectivity index is -0.000000347. The van der Waals surface area contributed by atoms with Crippen LogP contribution in [-0.2, 0) is 20.2 Å². The average Bonchev–Trinajstić information content (AvgIpc) is 2.31. The van der Waals surface area contributed by atoms with E-state index in [0.29, 0.717) is 14.6 Å². The van der Waals surface area contributed by atoms with Crippen LogP contribution >= 0.6 is 28.5 Å². The highest BCUT2D eigenvalue weighted by molar-refractivity contribution is 8.81. The molecular formula is C10H24F6O6P4S2. The Labute approximate surface area is 165 Å². The van der Waals surface area contributed by atoms with Crippen LogP contribution in [0.15, 0.2) is 0 Å². The normalized spacial score (nSPS) is 16.1. The highest BCUT2D eigenvalue weighted by Gasteiger charge is 2.43. The van der Waals surface area contributed by atoms with E-state index >= 15 is 0 Å². The molecule has 0 aromatic carbocycles. The molecule has 0 saturated heterocycles. The number of rotatable bonds is 3. The molecule has 2 atom stereocenters. The number of hydrogen-bond donors (Lipinski definition) is 0. The maximum Gasteiger partial charge on any atom is 0.485 e. The molecule has 0 aromatic rings. The summed E-state index contributed by atoms with van der Waals surface area (Å²) in [5.74, 6) is 0. The van der Waals surface area contributed by atoms with Crippen LogP contribution in [0.1, 0.15) is 0 Å². The van der Waals surface area contributed by atoms with Gasteiger partial charge in [0, 0.05) is 13.9 Å². The van der Waals surface area contributed by atoms with Crippen molar-refractivity contribution < 1.29 is 52.3 Å². The summed E-state index contributed by atoms with van der Waals surface area (Å²) in [6.07, 6.45) is 0. The van der Waals surface area contributed by atoms with Crippen LogP contribution < -0.4 is 0 Å². The van der Waals surface area contributed by atoms with Gasteiger partial charge >= 0.3 is 11.0 Å². The number of alkyl halides is 6. The molecule has 0 unspecified atom stereocenters. The molecule has 0 aliphatic rings. The average molecular weight is 542 g/mol. The van der Waals surface area contributed by atoms with E-state index in [1.54, 1.807) is 0 Å². The summed E-state index contributed by atoms with van der Waals surface area (Å²) in [5.41, 5.74) is -11.3. The van der Waals surface area contributed by atoms with Gasteiger partial charge in [0.1, 0.15) is 14.6 Å². The molecule has 18 heteroatoms. The molecule has 0 aromatic heterocycles. The van der Waals surface area contributed by atoms with Crippen LogP contribution in [0.2, 0.25) is 0 Å². The molecule has 0 N–H and O–H groups in total. The van der Waals surface area contributed by atoms with E-state index in [2.05, 4.69) is 53.3 Å². The lowest BCUT2D eigenvalue weighted by Crippen LogP contribution is -2.21. The van der Waals surface area contributed by atoms with Crippen molar-refractivity contribution in [3.05, 3.63) is 0 Å². The number of hydrogen-bond acceptors (Lipinski definition) is 6. The zero-order chi connectivity index (χ0) is 24.2. The first-order valence-electron chi connectivity index (χ1n) is 6.72. The lowest BCUT2D eigenvalue weighted by Gasteiger charge is -2.29. The summed E-state index contributed by atoms with van der Waals surface area (Å²) in [7, 11) is -11.5. The predicted octanol–water partition coefficient (Wildman–Crippen LogP) is 4.87. The van der Waals surface area contributed by atoms with Crippen LogP contribution in [0.25, 0.3) is 0 Å². The monoisotopic (exact) mass is 542 g/mol. The predicted molar refractivity (Wildman–Crippen MR) is 107 cm³/mol. The minimum Gasteiger partial charge on any atom is -0.741 e. The van der Waals surface area contributed by atoms with E-state index in [1.165, 1.54) is 0 Å². The smallest absolute Gasteiger partial charge is 0.485 e. The highest BCUT2D eigenvalue weighted by Crippen LogP contribution is 3.01. The van der Waals surface area contributed by atoms with Crippen molar-refractivity contribution in [3.8, 4) is 0 Å². The van der Waals surface area contributed by atoms with E-state index in [0.717, 1.165) is 0 Å². The van der Waals surface area contributed by atoms with Gasteiger partial charge in [0.05, 0.1) is 40.0 Å². The van der Waals surface area contributed by atoms with Crippen molar-refractivity contribution >= 4 is 48.7 Å². The van der Waals surface area contributed by atoms with E-state index in [1.807, 2.05) is 0 Å². The van der Waals surface area contributed by atoms with Gasteiger partial charge in [0.25, 0.3) is 0 Å². The second-order valence-corrected chi connectivity index (χ2v) is 35.4. The van der Waals surface area contributed by atoms with Gasteiger partial charge in [-0.15, -0.1) is 0 Å². The Hall–Kier alpha value is 1.12. The molecule has 0 radical (unpaired) electrons. The Morgan fingerprint density at radius 3 is 0.750 bits per heavy atom. The Morgan fingerprint density at radius 2 is 0.714 bits per heavy atom. The van der Waals surface area contributed by atoms with Crippen molar-refractivity contribution in [3.63, 3.8) is 0 Å². The summed E-state index contributed by atoms with van der Waals surface area (Å²) in [6.45, 7) is 19.1. The molecule has 0 aliphatic heterocycles. The highest BCUT2D eigenvalue weighted by atomic mass is 32.7. The van der Waals surface area contributed by atoms with Crippen molar-refractivity contribution in [1.29, 1.82) is 0 Å². The molecular weight excluding hydrogens is 518 g/mol. The second kappa shape index (κ2) is 11.1. The van der Waals surface area contributed by atoms with E-state index in [4.69, 9.17) is 25.9 Å². The van der Waals surface area contributed by atoms with Gasteiger partial charge < -0.3 is 9.11 Å². The minimum absolute atomic E-state index is 0.354. The topological polar surface area (TPSA) is 114 Å². The first-order valence-corrected chi connectivity index (χ1v) is 21.5. The Kier molecular flexibility index (Phi) is 13.4. The van der Waals surface area contributed by atoms with Gasteiger partial charge in [0.15, 0.2) is 20.2 Å². The summed E-state index contributed by atoms with van der Waals surface area (Å²) in [6, 6.07) is 0. The van der Waals surface area contributed by atoms with E-state index in [9.17, 15) is 26.3 Å². The first kappa shape index (κ1) is 33.8. The summed E-state index contributed by atoms with van der Waals surface area (Å²) in [5, 5.41) is 0. The molecule has 6 nitrogen and oxygen atoms in total. The third-order valence-corrected chi connectivity index (χ3v) is 36.9. The van der Waals surface area contributed by atoms with Gasteiger partial charge in [0.2, 0.25) is 0 Å². The Morgan fingerprint density at radius 1 is 0.607 bits per heavy atom. The van der Waals surface area contributed by atoms with Crippen LogP contribution in [0.4, 0.5) is 26.3 Å². The van der Waals surface area contributed by atoms with Gasteiger partial charge in [-0.25, -0.2) is 16.8 Å². The maximum absolute atomic E-state index is 10.7. The van der Waals surface area contributed by atoms with Crippen LogP contribution in [0.5, 0.6) is 0 Å². The third kappa shape index (κ3) is 15.0. The fourth-order valence-electron chi connectivity index (χ4n) is 0.777. The van der Waals surface area contributed by atoms with Crippen molar-refractivity contribution in [2.24, 2.45) is 0 Å². The molecule has 0 fully saturated rings. The molecule has 28 heavy (non-hydrogen) atoms. The van der Waals surface area contributed by atoms with E-state index < -0.39 is 45.2 Å². The van der Waals surface area contributed by atoms with Crippen LogP contribution in [0.3, 0.4) is 0 Å². The molecule has 0 heterocycles. The van der Waals surface area contributed by atoms with Gasteiger partial charge in [-0.2, -0.15) is 26.3 Å². The lowest BCUT2D eigenvalue weighted by molar-refractivity contribution is -0.0522. The summed E-state index contributed by atoms with van der Waals surface area (Å²) in [4.78, 5) is 0. The molecule has 0 saturated carbocycles. The van der Waals surface area contributed by atoms with Gasteiger partial charge in [-0.1, -0.05) is 0 Å². The minimum atomic E-state index is -6.09. The molecule has 0 spiro atoms. The number of halogens is 6. The molecule has 174 valence electrons. The third-order valence-electron chi connectivity index (χ3n) is 2.72. The molecule has 0 bridgehead atoms. The van der Waals surface area contributed by atoms with Crippen molar-refractivity contribution in [2.45, 2.75) is 11.0 Å². The summed E-state index contributed by atoms with van der Waals surface area (Å²) >= 11 is 0. The van der Waals surface area contributed by atoms with Crippen LogP contribution in [0, 0.1) is 0 Å². The van der Waals surface area contributed by atoms with Crippen molar-refractivity contribution in [1.82, 2.24) is 0 Å². The fraction of sp³-hybridized carbons (Fsp3) is 1.00. The zero-order valence-corrected chi connectivity index (χ0v) is 21.5. The van der Waals surface area contributed by atoms with Gasteiger partial charge in [-0.3, -0.25) is 0 Å². The summed E-state index contributed by atoms with van der Waals surface area (Å²) < 4.78 is 118. The zero-order valence-electron chi connectivity index (χ0n) is 16.3. The SMILES string of the molecule is C[P@]([P@@](C)[P+](C)(C)C)[P+](C)(C)C.O=S(=O)([O-])C(F)(F)F.O=S(=O)([O-])C(F)(F)F. The first-order chi connectivity index (χ1) is 11.6. The van der Waals surface area contributed by atoms with Crippen molar-refractivity contribution in [2.75, 3.05) is 53.3 Å². The maximum atomic E-state index is 10.7. The lowest BCUT2D eigenvalue weighted by atomic mass is 11.6. The quantitative estimate of drug-likeness (QED) is 0.218. The van der Waals surface area contributed by atoms with Gasteiger partial charge in [-0.05, 0) is 13.3 Å². The second-order valence-electron chi connectivity index (χ2n) is 6.66. The molecule has 0 amide bonds. The fourth-order valence-corrected chi connectivity index (χ4v) is 33.9. The van der Waals surface area contributed by atoms with E-state index in [-0.39, 0.29) is 0 Å². The molecule has 0 rings (SSSR count). The van der Waals surface area contributed by atoms with Crippen LogP contribution in [-0.4, -0.2) is 90.3 Å². The largest absolute Gasteiger partial charge is 0.741 e. The standard InChI is InChI=1S/C8H24P4.2CHF3O3S/c1-9(11(3,4)5)10(2)12(6,7)8;2*2-1(3,4)8(5,6)7/h1-8H3;2*(H,5,6,7)/q+2;;/p-2/t9-,10-;;/m1../s1.